The lowest BCUT2D eigenvalue weighted by Gasteiger charge is -2.27. The Balaban J connectivity index is 2.24. The number of likely N-dealkylation sites (N-methyl/N-ethyl adjacent to an activating group) is 2. The molecule has 0 heterocycles. The quantitative estimate of drug-likeness (QED) is 0.552. The molecule has 0 saturated carbocycles. The molecular formula is C25H35F2N3. The Morgan fingerprint density at radius 3 is 2.30 bits per heavy atom. The molecule has 1 atom stereocenters. The lowest BCUT2D eigenvalue weighted by Crippen LogP contribution is -2.36. The van der Waals surface area contributed by atoms with Crippen LogP contribution in [0.5, 0.6) is 0 Å². The molecule has 0 amide bonds. The lowest BCUT2D eigenvalue weighted by molar-refractivity contribution is 0.0158. The first-order valence-electron chi connectivity index (χ1n) is 10.3. The van der Waals surface area contributed by atoms with Crippen molar-refractivity contribution in [2.45, 2.75) is 46.2 Å². The lowest BCUT2D eigenvalue weighted by atomic mass is 9.97. The third kappa shape index (κ3) is 6.38. The summed E-state index contributed by atoms with van der Waals surface area (Å²) < 4.78 is 28.9. The average Bonchev–Trinajstić information content (AvgIpc) is 2.63. The molecule has 3 nitrogen and oxygen atoms in total. The maximum atomic E-state index is 14.4. The summed E-state index contributed by atoms with van der Waals surface area (Å²) in [7, 11) is 6.01. The minimum atomic E-state index is -2.93. The molecule has 0 radical (unpaired) electrons. The molecule has 2 aromatic rings. The van der Waals surface area contributed by atoms with Gasteiger partial charge in [-0.25, -0.2) is 8.78 Å². The third-order valence-corrected chi connectivity index (χ3v) is 5.63. The zero-order valence-corrected chi connectivity index (χ0v) is 19.3. The van der Waals surface area contributed by atoms with E-state index in [0.29, 0.717) is 29.4 Å². The molecule has 0 aliphatic rings. The molecule has 1 unspecified atom stereocenters. The van der Waals surface area contributed by atoms with E-state index in [0.717, 1.165) is 19.2 Å². The zero-order valence-electron chi connectivity index (χ0n) is 19.3. The summed E-state index contributed by atoms with van der Waals surface area (Å²) in [6.07, 6.45) is 0. The number of aryl methyl sites for hydroxylation is 2. The molecule has 0 aromatic heterocycles. The van der Waals surface area contributed by atoms with Crippen molar-refractivity contribution in [3.63, 3.8) is 0 Å². The van der Waals surface area contributed by atoms with Crippen LogP contribution in [0.2, 0.25) is 0 Å². The molecule has 0 fully saturated rings. The van der Waals surface area contributed by atoms with Crippen LogP contribution in [0, 0.1) is 13.8 Å². The fourth-order valence-corrected chi connectivity index (χ4v) is 3.35. The van der Waals surface area contributed by atoms with Gasteiger partial charge in [-0.1, -0.05) is 24.8 Å². The molecule has 0 aliphatic carbocycles. The van der Waals surface area contributed by atoms with Gasteiger partial charge in [0.25, 0.3) is 5.92 Å². The number of rotatable bonds is 9. The van der Waals surface area contributed by atoms with Crippen molar-refractivity contribution in [3.05, 3.63) is 70.8 Å². The van der Waals surface area contributed by atoms with E-state index in [4.69, 9.17) is 0 Å². The van der Waals surface area contributed by atoms with E-state index in [9.17, 15) is 8.78 Å². The fraction of sp³-hybridized carbons (Fsp3) is 0.440. The van der Waals surface area contributed by atoms with Crippen molar-refractivity contribution < 1.29 is 8.78 Å². The molecule has 0 spiro atoms. The zero-order chi connectivity index (χ0) is 22.6. The van der Waals surface area contributed by atoms with E-state index >= 15 is 0 Å². The summed E-state index contributed by atoms with van der Waals surface area (Å²) in [6.45, 7) is 12.5. The first-order chi connectivity index (χ1) is 13.9. The van der Waals surface area contributed by atoms with Crippen LogP contribution in [0.25, 0.3) is 5.70 Å². The Morgan fingerprint density at radius 1 is 1.07 bits per heavy atom. The van der Waals surface area contributed by atoms with Crippen LogP contribution < -0.4 is 5.32 Å². The Kier molecular flexibility index (Phi) is 7.78. The fourth-order valence-electron chi connectivity index (χ4n) is 3.35. The number of nitrogens with one attached hydrogen (secondary N) is 1. The molecule has 30 heavy (non-hydrogen) atoms. The van der Waals surface area contributed by atoms with Crippen LogP contribution >= 0.6 is 0 Å². The summed E-state index contributed by atoms with van der Waals surface area (Å²) in [4.78, 5) is 4.20. The van der Waals surface area contributed by atoms with Crippen molar-refractivity contribution in [3.8, 4) is 0 Å². The van der Waals surface area contributed by atoms with Crippen molar-refractivity contribution in [2.75, 3.05) is 33.0 Å². The van der Waals surface area contributed by atoms with Crippen molar-refractivity contribution in [1.29, 1.82) is 0 Å². The van der Waals surface area contributed by atoms with Crippen molar-refractivity contribution in [1.82, 2.24) is 9.80 Å². The highest BCUT2D eigenvalue weighted by molar-refractivity contribution is 5.76. The van der Waals surface area contributed by atoms with E-state index in [-0.39, 0.29) is 5.56 Å². The minimum absolute atomic E-state index is 0.0485. The van der Waals surface area contributed by atoms with Crippen LogP contribution in [0.3, 0.4) is 0 Å². The number of hydrogen-bond acceptors (Lipinski definition) is 3. The van der Waals surface area contributed by atoms with Gasteiger partial charge >= 0.3 is 0 Å². The van der Waals surface area contributed by atoms with Crippen LogP contribution in [-0.2, 0) is 12.5 Å². The Hall–Kier alpha value is -2.24. The van der Waals surface area contributed by atoms with Crippen LogP contribution in [-0.4, -0.2) is 43.5 Å². The highest BCUT2D eigenvalue weighted by atomic mass is 19.3. The maximum absolute atomic E-state index is 14.4. The monoisotopic (exact) mass is 415 g/mol. The molecule has 0 bridgehead atoms. The molecule has 164 valence electrons. The molecular weight excluding hydrogens is 380 g/mol. The summed E-state index contributed by atoms with van der Waals surface area (Å²) in [5.41, 5.74) is 5.22. The number of benzene rings is 2. The first kappa shape index (κ1) is 24.0. The molecule has 0 saturated heterocycles. The van der Waals surface area contributed by atoms with E-state index in [1.165, 1.54) is 11.1 Å². The number of hydrogen-bond donors (Lipinski definition) is 1. The van der Waals surface area contributed by atoms with Gasteiger partial charge < -0.3 is 15.1 Å². The second kappa shape index (κ2) is 9.71. The van der Waals surface area contributed by atoms with Gasteiger partial charge in [-0.3, -0.25) is 0 Å². The summed E-state index contributed by atoms with van der Waals surface area (Å²) >= 11 is 0. The first-order valence-corrected chi connectivity index (χ1v) is 10.3. The number of nitrogens with zero attached hydrogens (tertiary/aromatic N) is 2. The normalized spacial score (nSPS) is 13.0. The third-order valence-electron chi connectivity index (χ3n) is 5.63. The molecule has 1 N–H and O–H groups in total. The van der Waals surface area contributed by atoms with Crippen molar-refractivity contribution in [2.24, 2.45) is 0 Å². The number of alkyl halides is 2. The highest BCUT2D eigenvalue weighted by Gasteiger charge is 2.28. The van der Waals surface area contributed by atoms with E-state index in [1.807, 2.05) is 52.3 Å². The second-order valence-electron chi connectivity index (χ2n) is 8.67. The minimum Gasteiger partial charge on any atom is -0.356 e. The van der Waals surface area contributed by atoms with Crippen molar-refractivity contribution >= 4 is 11.4 Å². The Bertz CT molecular complexity index is 884. The predicted molar refractivity (Wildman–Crippen MR) is 124 cm³/mol. The van der Waals surface area contributed by atoms with Crippen LogP contribution in [0.15, 0.2) is 43.0 Å². The largest absolute Gasteiger partial charge is 0.356 e. The topological polar surface area (TPSA) is 18.5 Å². The molecule has 2 aromatic carbocycles. The van der Waals surface area contributed by atoms with Crippen LogP contribution in [0.4, 0.5) is 14.5 Å². The number of halogens is 2. The van der Waals surface area contributed by atoms with Gasteiger partial charge in [0, 0.05) is 43.0 Å². The molecule has 0 aliphatic heterocycles. The maximum Gasteiger partial charge on any atom is 0.270 e. The van der Waals surface area contributed by atoms with Gasteiger partial charge in [-0.15, -0.1) is 0 Å². The van der Waals surface area contributed by atoms with E-state index in [2.05, 4.69) is 35.5 Å². The number of anilines is 1. The van der Waals surface area contributed by atoms with Gasteiger partial charge in [0.2, 0.25) is 0 Å². The van der Waals surface area contributed by atoms with Gasteiger partial charge in [0.15, 0.2) is 0 Å². The summed E-state index contributed by atoms with van der Waals surface area (Å²) in [5, 5.41) is 3.25. The van der Waals surface area contributed by atoms with Gasteiger partial charge in [-0.2, -0.15) is 0 Å². The summed E-state index contributed by atoms with van der Waals surface area (Å²) in [6, 6.07) is 11.6. The van der Waals surface area contributed by atoms with E-state index in [1.54, 1.807) is 12.1 Å². The molecule has 2 rings (SSSR count). The highest BCUT2D eigenvalue weighted by Crippen LogP contribution is 2.33. The SMILES string of the molecule is C=C(Nc1ccc(C)c(C)c1)c1ccc(CN(C)CC(C)N(C)C)c(C(C)(F)F)c1. The van der Waals surface area contributed by atoms with Crippen LogP contribution in [0.1, 0.15) is 41.7 Å². The summed E-state index contributed by atoms with van der Waals surface area (Å²) in [5.74, 6) is -2.93. The van der Waals surface area contributed by atoms with Gasteiger partial charge in [-0.05, 0) is 82.4 Å². The van der Waals surface area contributed by atoms with Gasteiger partial charge in [0.05, 0.1) is 0 Å². The standard InChI is InChI=1S/C25H35F2N3/c1-17-9-12-23(13-18(17)2)28-20(4)21-10-11-22(24(14-21)25(5,26)27)16-30(8)15-19(3)29(6)7/h9-14,19,28H,4,15-16H2,1-3,5-8H3. The average molecular weight is 416 g/mol. The Morgan fingerprint density at radius 2 is 1.73 bits per heavy atom. The van der Waals surface area contributed by atoms with E-state index < -0.39 is 5.92 Å². The van der Waals surface area contributed by atoms with Gasteiger partial charge in [0.1, 0.15) is 0 Å². The molecule has 5 heteroatoms. The Labute approximate surface area is 180 Å². The smallest absolute Gasteiger partial charge is 0.270 e. The predicted octanol–water partition coefficient (Wildman–Crippen LogP) is 5.88. The second-order valence-corrected chi connectivity index (χ2v) is 8.67.